The van der Waals surface area contributed by atoms with Crippen molar-refractivity contribution in [1.29, 1.82) is 0 Å². The average Bonchev–Trinajstić information content (AvgIpc) is 3.53. The van der Waals surface area contributed by atoms with Crippen LogP contribution in [0.1, 0.15) is 91.9 Å². The van der Waals surface area contributed by atoms with E-state index in [2.05, 4.69) is 64.9 Å². The van der Waals surface area contributed by atoms with Crippen LogP contribution in [0.5, 0.6) is 0 Å². The summed E-state index contributed by atoms with van der Waals surface area (Å²) in [5.74, 6) is 0.138. The van der Waals surface area contributed by atoms with Gasteiger partial charge in [-0.1, -0.05) is 26.8 Å². The number of alkyl halides is 2. The zero-order valence-corrected chi connectivity index (χ0v) is 29.3. The second-order valence-electron chi connectivity index (χ2n) is 16.3. The molecule has 13 atom stereocenters. The molecule has 0 aromatic rings. The number of piperidine rings is 1. The molecule has 5 fully saturated rings. The van der Waals surface area contributed by atoms with E-state index in [4.69, 9.17) is 0 Å². The van der Waals surface area contributed by atoms with Crippen LogP contribution in [0.15, 0.2) is 24.6 Å². The Bertz CT molecular complexity index is 1250. The summed E-state index contributed by atoms with van der Waals surface area (Å²) >= 11 is 0. The molecule has 4 N–H and O–H groups in total. The van der Waals surface area contributed by atoms with E-state index in [1.165, 1.54) is 6.08 Å². The van der Waals surface area contributed by atoms with Crippen LogP contribution >= 0.6 is 0 Å². The number of nitrogens with zero attached hydrogens (tertiary/aromatic N) is 4. The van der Waals surface area contributed by atoms with E-state index >= 15 is 8.78 Å². The quantitative estimate of drug-likeness (QED) is 0.331. The van der Waals surface area contributed by atoms with Crippen molar-refractivity contribution in [2.75, 3.05) is 13.1 Å². The summed E-state index contributed by atoms with van der Waals surface area (Å²) in [6.45, 7) is 13.4. The van der Waals surface area contributed by atoms with Crippen molar-refractivity contribution in [1.82, 2.24) is 41.3 Å². The van der Waals surface area contributed by atoms with Crippen molar-refractivity contribution in [3.8, 4) is 0 Å². The smallest absolute Gasteiger partial charge is 0.320 e. The lowest BCUT2D eigenvalue weighted by atomic mass is 9.68. The Labute approximate surface area is 285 Å². The van der Waals surface area contributed by atoms with E-state index in [-0.39, 0.29) is 48.4 Å². The molecule has 5 heterocycles. The topological polar surface area (TPSA) is 95.2 Å². The third kappa shape index (κ3) is 6.01. The average molecular weight is 673 g/mol. The van der Waals surface area contributed by atoms with E-state index in [9.17, 15) is 9.59 Å². The van der Waals surface area contributed by atoms with Crippen LogP contribution in [-0.2, 0) is 4.79 Å². The number of carbonyl (C=O) groups excluding carboxylic acids is 2. The van der Waals surface area contributed by atoms with Crippen molar-refractivity contribution < 1.29 is 18.4 Å². The summed E-state index contributed by atoms with van der Waals surface area (Å²) in [4.78, 5) is 33.6. The van der Waals surface area contributed by atoms with Crippen molar-refractivity contribution in [2.24, 2.45) is 29.6 Å². The minimum atomic E-state index is -1.28. The van der Waals surface area contributed by atoms with E-state index < -0.39 is 36.6 Å². The molecular formula is C36H58F2N8O2. The fourth-order valence-corrected chi connectivity index (χ4v) is 10.9. The number of hydrogen-bond donors (Lipinski definition) is 4. The third-order valence-electron chi connectivity index (χ3n) is 13.2. The predicted octanol–water partition coefficient (Wildman–Crippen LogP) is 4.39. The van der Waals surface area contributed by atoms with E-state index in [0.29, 0.717) is 37.3 Å². The molecule has 0 spiro atoms. The highest BCUT2D eigenvalue weighted by Gasteiger charge is 2.58. The van der Waals surface area contributed by atoms with Gasteiger partial charge in [0.15, 0.2) is 0 Å². The van der Waals surface area contributed by atoms with Gasteiger partial charge in [0.05, 0.1) is 18.4 Å². The lowest BCUT2D eigenvalue weighted by molar-refractivity contribution is -0.137. The minimum absolute atomic E-state index is 0.0151. The Morgan fingerprint density at radius 1 is 1.00 bits per heavy atom. The first-order valence-electron chi connectivity index (χ1n) is 18.9. The molecular weight excluding hydrogens is 614 g/mol. The predicted molar refractivity (Wildman–Crippen MR) is 181 cm³/mol. The van der Waals surface area contributed by atoms with Gasteiger partial charge in [-0.05, 0) is 95.5 Å². The molecule has 3 saturated heterocycles. The summed E-state index contributed by atoms with van der Waals surface area (Å²) in [6, 6.07) is -1.15. The number of amides is 3. The maximum atomic E-state index is 17.0. The first-order chi connectivity index (χ1) is 23.1. The number of piperazine rings is 1. The van der Waals surface area contributed by atoms with Gasteiger partial charge < -0.3 is 20.5 Å². The van der Waals surface area contributed by atoms with Gasteiger partial charge in [0.25, 0.3) is 0 Å². The number of carbonyl (C=O) groups is 2. The second kappa shape index (κ2) is 13.7. The fourth-order valence-electron chi connectivity index (χ4n) is 10.9. The van der Waals surface area contributed by atoms with Gasteiger partial charge in [-0.15, -0.1) is 5.53 Å². The number of fused-ring (bicyclic) bond motifs is 7. The summed E-state index contributed by atoms with van der Waals surface area (Å²) in [7, 11) is 0. The van der Waals surface area contributed by atoms with E-state index in [1.54, 1.807) is 0 Å². The highest BCUT2D eigenvalue weighted by Crippen LogP contribution is 2.46. The number of nitrogens with one attached hydrogen (secondary N) is 4. The summed E-state index contributed by atoms with van der Waals surface area (Å²) in [5, 5.41) is 9.18. The van der Waals surface area contributed by atoms with Crippen molar-refractivity contribution in [3.05, 3.63) is 24.6 Å². The first-order valence-corrected chi connectivity index (χ1v) is 18.9. The van der Waals surface area contributed by atoms with Gasteiger partial charge in [0, 0.05) is 61.0 Å². The number of hydrogen-bond acceptors (Lipinski definition) is 7. The Morgan fingerprint density at radius 2 is 1.77 bits per heavy atom. The summed E-state index contributed by atoms with van der Waals surface area (Å²) < 4.78 is 33.2. The van der Waals surface area contributed by atoms with Gasteiger partial charge in [-0.3, -0.25) is 20.0 Å². The number of hydrazine groups is 2. The van der Waals surface area contributed by atoms with Crippen LogP contribution in [0.4, 0.5) is 13.6 Å². The largest absolute Gasteiger partial charge is 0.334 e. The maximum absolute atomic E-state index is 17.0. The standard InChI is InChI=1S/C36H58F2N8O2/c1-6-30(47)43-17-22(5)44(18-21(43)4)34-26-16-28(38)32-31-27(37)14-9-15-29(31)45-19-24(41-42-45)12-7-10-23-11-8-13-25(20(2)3)33(23)46(35(26)39-32)36(48)40-34/h6,19-23,25-29,31-35,39,41-42H,1,7-18H2,2-5H3,(H,40,48)/t21-,22+,23?,25?,26?,27?,28?,29?,31?,32?,33?,34?,35?/m1/s1. The van der Waals surface area contributed by atoms with Gasteiger partial charge >= 0.3 is 6.03 Å². The molecule has 7 rings (SSSR count). The van der Waals surface area contributed by atoms with Crippen LogP contribution < -0.4 is 21.6 Å². The van der Waals surface area contributed by atoms with Crippen LogP contribution in [-0.4, -0.2) is 99.6 Å². The highest BCUT2D eigenvalue weighted by atomic mass is 19.1. The number of halogens is 2. The SMILES string of the molecule is C=CC(=O)N1C[C@H](C)N(C2NC(=O)N3C4NC(C(F)CC42)C2C(F)CCCC2N2C=C(CCCC4CCCC(C(C)C)C43)NN2)C[C@H]1C. The lowest BCUT2D eigenvalue weighted by Crippen LogP contribution is -2.79. The monoisotopic (exact) mass is 672 g/mol. The minimum Gasteiger partial charge on any atom is -0.334 e. The molecule has 268 valence electrons. The lowest BCUT2D eigenvalue weighted by Gasteiger charge is -2.60. The maximum Gasteiger partial charge on any atom is 0.320 e. The zero-order valence-electron chi connectivity index (χ0n) is 29.3. The van der Waals surface area contributed by atoms with Crippen molar-refractivity contribution in [2.45, 2.75) is 147 Å². The Hall–Kier alpha value is -2.44. The zero-order chi connectivity index (χ0) is 33.9. The molecule has 5 aliphatic heterocycles. The molecule has 0 aromatic heterocycles. The Balaban J connectivity index is 1.29. The molecule has 2 saturated carbocycles. The molecule has 48 heavy (non-hydrogen) atoms. The van der Waals surface area contributed by atoms with Gasteiger partial charge in [-0.25, -0.2) is 13.6 Å². The summed E-state index contributed by atoms with van der Waals surface area (Å²) in [6.07, 6.45) is 8.56. The van der Waals surface area contributed by atoms with E-state index in [1.807, 2.05) is 16.8 Å². The van der Waals surface area contributed by atoms with Crippen molar-refractivity contribution >= 4 is 11.9 Å². The number of rotatable bonds is 3. The molecule has 10 nitrogen and oxygen atoms in total. The van der Waals surface area contributed by atoms with Gasteiger partial charge in [-0.2, -0.15) is 0 Å². The second-order valence-corrected chi connectivity index (χ2v) is 16.3. The molecule has 12 heteroatoms. The molecule has 11 unspecified atom stereocenters. The number of urea groups is 1. The normalized spacial score (nSPS) is 43.7. The van der Waals surface area contributed by atoms with E-state index in [0.717, 1.165) is 57.1 Å². The Morgan fingerprint density at radius 3 is 2.54 bits per heavy atom. The van der Waals surface area contributed by atoms with Gasteiger partial charge in [0.1, 0.15) is 12.3 Å². The molecule has 0 aromatic carbocycles. The van der Waals surface area contributed by atoms with Crippen molar-refractivity contribution in [3.63, 3.8) is 0 Å². The van der Waals surface area contributed by atoms with Gasteiger partial charge in [0.2, 0.25) is 5.91 Å². The molecule has 0 radical (unpaired) electrons. The third-order valence-corrected chi connectivity index (χ3v) is 13.2. The highest BCUT2D eigenvalue weighted by molar-refractivity contribution is 5.87. The molecule has 7 aliphatic rings. The first kappa shape index (κ1) is 34.0. The summed E-state index contributed by atoms with van der Waals surface area (Å²) in [5.41, 5.74) is 7.72. The van der Waals surface area contributed by atoms with Crippen LogP contribution in [0.3, 0.4) is 0 Å². The van der Waals surface area contributed by atoms with Crippen LogP contribution in [0.25, 0.3) is 0 Å². The fraction of sp³-hybridized carbons (Fsp3) is 0.833. The molecule has 3 amide bonds. The Kier molecular flexibility index (Phi) is 9.71. The van der Waals surface area contributed by atoms with Crippen LogP contribution in [0, 0.1) is 29.6 Å². The molecule has 2 aliphatic carbocycles. The van der Waals surface area contributed by atoms with Crippen LogP contribution in [0.2, 0.25) is 0 Å². The number of allylic oxidation sites excluding steroid dienone is 1. The molecule has 4 bridgehead atoms.